The number of amides is 1. The van der Waals surface area contributed by atoms with Crippen LogP contribution in [0, 0.1) is 5.92 Å². The summed E-state index contributed by atoms with van der Waals surface area (Å²) < 4.78 is 5.65. The summed E-state index contributed by atoms with van der Waals surface area (Å²) in [7, 11) is 0. The molecule has 5 nitrogen and oxygen atoms in total. The van der Waals surface area contributed by atoms with Crippen LogP contribution in [0.5, 0.6) is 5.75 Å². The number of benzene rings is 1. The minimum atomic E-state index is -0.285. The average Bonchev–Trinajstić information content (AvgIpc) is 3.04. The van der Waals surface area contributed by atoms with Gasteiger partial charge in [0.15, 0.2) is 0 Å². The standard InChI is InChI=1S/C19H22N2O3/c22-18-6-3-4-15(18)12-21-19(23)14-7-9-17(10-8-14)24-13-16-5-1-2-11-20-16/h1-2,5,7-11,15,18,22H,3-4,6,12-13H2,(H,21,23). The van der Waals surface area contributed by atoms with Gasteiger partial charge >= 0.3 is 0 Å². The van der Waals surface area contributed by atoms with Crippen molar-refractivity contribution < 1.29 is 14.6 Å². The summed E-state index contributed by atoms with van der Waals surface area (Å²) in [5.41, 5.74) is 1.45. The molecule has 0 aliphatic heterocycles. The molecule has 1 heterocycles. The second-order valence-corrected chi connectivity index (χ2v) is 6.10. The molecule has 0 saturated heterocycles. The SMILES string of the molecule is O=C(NCC1CCCC1O)c1ccc(OCc2ccccn2)cc1. The van der Waals surface area contributed by atoms with E-state index < -0.39 is 0 Å². The van der Waals surface area contributed by atoms with Crippen LogP contribution < -0.4 is 10.1 Å². The number of aromatic nitrogens is 1. The Morgan fingerprint density at radius 2 is 2.04 bits per heavy atom. The molecule has 0 radical (unpaired) electrons. The van der Waals surface area contributed by atoms with Crippen molar-refractivity contribution in [3.05, 3.63) is 59.9 Å². The summed E-state index contributed by atoms with van der Waals surface area (Å²) >= 11 is 0. The molecular weight excluding hydrogens is 304 g/mol. The normalized spacial score (nSPS) is 19.9. The van der Waals surface area contributed by atoms with Gasteiger partial charge in [-0.1, -0.05) is 12.5 Å². The molecule has 1 fully saturated rings. The van der Waals surface area contributed by atoms with Crippen molar-refractivity contribution in [1.82, 2.24) is 10.3 Å². The lowest BCUT2D eigenvalue weighted by molar-refractivity contribution is 0.0916. The molecule has 2 aromatic rings. The third-order valence-electron chi connectivity index (χ3n) is 4.37. The first-order chi connectivity index (χ1) is 11.7. The summed E-state index contributed by atoms with van der Waals surface area (Å²) in [5.74, 6) is 0.753. The van der Waals surface area contributed by atoms with Crippen LogP contribution in [-0.2, 0) is 6.61 Å². The zero-order chi connectivity index (χ0) is 16.8. The summed E-state index contributed by atoms with van der Waals surface area (Å²) in [6.45, 7) is 0.921. The fraction of sp³-hybridized carbons (Fsp3) is 0.368. The fourth-order valence-corrected chi connectivity index (χ4v) is 2.92. The molecule has 126 valence electrons. The van der Waals surface area contributed by atoms with Gasteiger partial charge in [-0.2, -0.15) is 0 Å². The van der Waals surface area contributed by atoms with Crippen molar-refractivity contribution in [2.45, 2.75) is 32.0 Å². The van der Waals surface area contributed by atoms with Gasteiger partial charge in [0.1, 0.15) is 12.4 Å². The van der Waals surface area contributed by atoms with Gasteiger partial charge in [-0.3, -0.25) is 9.78 Å². The number of hydrogen-bond acceptors (Lipinski definition) is 4. The molecule has 1 saturated carbocycles. The van der Waals surface area contributed by atoms with Crippen molar-refractivity contribution in [2.75, 3.05) is 6.54 Å². The number of aliphatic hydroxyl groups excluding tert-OH is 1. The average molecular weight is 326 g/mol. The number of aliphatic hydroxyl groups is 1. The molecule has 3 rings (SSSR count). The molecular formula is C19H22N2O3. The first-order valence-corrected chi connectivity index (χ1v) is 8.31. The summed E-state index contributed by atoms with van der Waals surface area (Å²) in [4.78, 5) is 16.4. The minimum absolute atomic E-state index is 0.120. The summed E-state index contributed by atoms with van der Waals surface area (Å²) in [6, 6.07) is 12.7. The van der Waals surface area contributed by atoms with Crippen LogP contribution in [-0.4, -0.2) is 28.6 Å². The largest absolute Gasteiger partial charge is 0.487 e. The zero-order valence-corrected chi connectivity index (χ0v) is 13.5. The number of nitrogens with one attached hydrogen (secondary N) is 1. The maximum Gasteiger partial charge on any atom is 0.251 e. The Morgan fingerprint density at radius 1 is 1.21 bits per heavy atom. The molecule has 24 heavy (non-hydrogen) atoms. The first-order valence-electron chi connectivity index (χ1n) is 8.31. The van der Waals surface area contributed by atoms with Crippen molar-refractivity contribution >= 4 is 5.91 Å². The highest BCUT2D eigenvalue weighted by molar-refractivity contribution is 5.94. The first kappa shape index (κ1) is 16.5. The number of carbonyl (C=O) groups excluding carboxylic acids is 1. The second-order valence-electron chi connectivity index (χ2n) is 6.10. The van der Waals surface area contributed by atoms with Crippen LogP contribution in [0.4, 0.5) is 0 Å². The lowest BCUT2D eigenvalue weighted by atomic mass is 10.1. The third kappa shape index (κ3) is 4.32. The van der Waals surface area contributed by atoms with E-state index in [9.17, 15) is 9.90 Å². The van der Waals surface area contributed by atoms with E-state index in [-0.39, 0.29) is 17.9 Å². The molecule has 0 spiro atoms. The van der Waals surface area contributed by atoms with Crippen LogP contribution in [0.2, 0.25) is 0 Å². The van der Waals surface area contributed by atoms with E-state index in [4.69, 9.17) is 4.74 Å². The number of carbonyl (C=O) groups is 1. The number of pyridine rings is 1. The Balaban J connectivity index is 1.49. The Bertz CT molecular complexity index is 658. The van der Waals surface area contributed by atoms with Crippen LogP contribution in [0.25, 0.3) is 0 Å². The van der Waals surface area contributed by atoms with E-state index in [1.165, 1.54) is 0 Å². The van der Waals surface area contributed by atoms with Crippen LogP contribution in [0.3, 0.4) is 0 Å². The van der Waals surface area contributed by atoms with E-state index >= 15 is 0 Å². The molecule has 1 aliphatic carbocycles. The van der Waals surface area contributed by atoms with Crippen molar-refractivity contribution in [3.8, 4) is 5.75 Å². The van der Waals surface area contributed by atoms with E-state index in [1.54, 1.807) is 30.5 Å². The van der Waals surface area contributed by atoms with Crippen LogP contribution in [0.1, 0.15) is 35.3 Å². The Kier molecular flexibility index (Phi) is 5.43. The number of hydrogen-bond donors (Lipinski definition) is 2. The van der Waals surface area contributed by atoms with E-state index in [0.717, 1.165) is 25.0 Å². The molecule has 1 aromatic heterocycles. The highest BCUT2D eigenvalue weighted by Gasteiger charge is 2.25. The third-order valence-corrected chi connectivity index (χ3v) is 4.37. The maximum atomic E-state index is 12.2. The fourth-order valence-electron chi connectivity index (χ4n) is 2.92. The highest BCUT2D eigenvalue weighted by atomic mass is 16.5. The highest BCUT2D eigenvalue weighted by Crippen LogP contribution is 2.24. The predicted molar refractivity (Wildman–Crippen MR) is 90.7 cm³/mol. The molecule has 1 aromatic carbocycles. The van der Waals surface area contributed by atoms with Gasteiger partial charge in [0.25, 0.3) is 5.91 Å². The van der Waals surface area contributed by atoms with Crippen LogP contribution >= 0.6 is 0 Å². The molecule has 5 heteroatoms. The van der Waals surface area contributed by atoms with Crippen LogP contribution in [0.15, 0.2) is 48.7 Å². The predicted octanol–water partition coefficient (Wildman–Crippen LogP) is 2.55. The minimum Gasteiger partial charge on any atom is -0.487 e. The number of nitrogens with zero attached hydrogens (tertiary/aromatic N) is 1. The molecule has 2 N–H and O–H groups in total. The lowest BCUT2D eigenvalue weighted by Crippen LogP contribution is -2.32. The van der Waals surface area contributed by atoms with Gasteiger partial charge in [0.2, 0.25) is 0 Å². The summed E-state index contributed by atoms with van der Waals surface area (Å²) in [6.07, 6.45) is 4.29. The maximum absolute atomic E-state index is 12.2. The monoisotopic (exact) mass is 326 g/mol. The topological polar surface area (TPSA) is 71.5 Å². The molecule has 0 bridgehead atoms. The molecule has 2 unspecified atom stereocenters. The van der Waals surface area contributed by atoms with E-state index in [1.807, 2.05) is 18.2 Å². The quantitative estimate of drug-likeness (QED) is 0.856. The smallest absolute Gasteiger partial charge is 0.251 e. The van der Waals surface area contributed by atoms with Gasteiger partial charge in [0, 0.05) is 24.2 Å². The summed E-state index contributed by atoms with van der Waals surface area (Å²) in [5, 5.41) is 12.7. The zero-order valence-electron chi connectivity index (χ0n) is 13.5. The lowest BCUT2D eigenvalue weighted by Gasteiger charge is -2.15. The van der Waals surface area contributed by atoms with Gasteiger partial charge < -0.3 is 15.2 Å². The van der Waals surface area contributed by atoms with Gasteiger partial charge in [0.05, 0.1) is 11.8 Å². The van der Waals surface area contributed by atoms with E-state index in [0.29, 0.717) is 24.5 Å². The van der Waals surface area contributed by atoms with Gasteiger partial charge in [-0.15, -0.1) is 0 Å². The van der Waals surface area contributed by atoms with Gasteiger partial charge in [-0.05, 0) is 49.2 Å². The molecule has 1 amide bonds. The van der Waals surface area contributed by atoms with Crippen molar-refractivity contribution in [1.29, 1.82) is 0 Å². The number of rotatable bonds is 6. The Morgan fingerprint density at radius 3 is 2.71 bits per heavy atom. The molecule has 1 aliphatic rings. The van der Waals surface area contributed by atoms with Gasteiger partial charge in [-0.25, -0.2) is 0 Å². The van der Waals surface area contributed by atoms with E-state index in [2.05, 4.69) is 10.3 Å². The van der Waals surface area contributed by atoms with Crippen molar-refractivity contribution in [3.63, 3.8) is 0 Å². The number of ether oxygens (including phenoxy) is 1. The Hall–Kier alpha value is -2.40. The molecule has 2 atom stereocenters. The second kappa shape index (κ2) is 7.93. The Labute approximate surface area is 141 Å². The van der Waals surface area contributed by atoms with Crippen molar-refractivity contribution in [2.24, 2.45) is 5.92 Å².